The number of rotatable bonds is 10. The molecule has 0 saturated carbocycles. The highest BCUT2D eigenvalue weighted by Crippen LogP contribution is 2.23. The lowest BCUT2D eigenvalue weighted by atomic mass is 10.1. The third-order valence-corrected chi connectivity index (χ3v) is 3.49. The molecule has 3 heteroatoms. The maximum Gasteiger partial charge on any atom is 0.125 e. The minimum Gasteiger partial charge on any atom is -0.493 e. The SMILES string of the molecule is CCCCCCCCCOc1cc(Cl)ccc1CN. The van der Waals surface area contributed by atoms with Crippen LogP contribution < -0.4 is 10.5 Å². The van der Waals surface area contributed by atoms with Crippen LogP contribution in [0.3, 0.4) is 0 Å². The molecule has 19 heavy (non-hydrogen) atoms. The zero-order valence-electron chi connectivity index (χ0n) is 12.0. The summed E-state index contributed by atoms with van der Waals surface area (Å²) in [5.41, 5.74) is 6.70. The summed E-state index contributed by atoms with van der Waals surface area (Å²) in [4.78, 5) is 0. The first-order valence-electron chi connectivity index (χ1n) is 7.39. The second-order valence-corrected chi connectivity index (χ2v) is 5.36. The fraction of sp³-hybridized carbons (Fsp3) is 0.625. The molecule has 0 spiro atoms. The van der Waals surface area contributed by atoms with Crippen molar-refractivity contribution in [3.8, 4) is 5.75 Å². The second kappa shape index (κ2) is 10.1. The normalized spacial score (nSPS) is 10.7. The fourth-order valence-corrected chi connectivity index (χ4v) is 2.23. The number of nitrogens with two attached hydrogens (primary N) is 1. The quantitative estimate of drug-likeness (QED) is 0.618. The zero-order chi connectivity index (χ0) is 13.9. The van der Waals surface area contributed by atoms with Crippen LogP contribution in [0.25, 0.3) is 0 Å². The Morgan fingerprint density at radius 2 is 1.74 bits per heavy atom. The van der Waals surface area contributed by atoms with E-state index in [0.29, 0.717) is 11.6 Å². The number of halogens is 1. The van der Waals surface area contributed by atoms with E-state index in [4.69, 9.17) is 22.1 Å². The van der Waals surface area contributed by atoms with Gasteiger partial charge in [0.05, 0.1) is 6.61 Å². The van der Waals surface area contributed by atoms with Gasteiger partial charge in [-0.15, -0.1) is 0 Å². The Labute approximate surface area is 122 Å². The molecule has 2 N–H and O–H groups in total. The maximum atomic E-state index is 5.96. The first kappa shape index (κ1) is 16.3. The van der Waals surface area contributed by atoms with E-state index in [0.717, 1.165) is 24.3 Å². The van der Waals surface area contributed by atoms with Gasteiger partial charge in [-0.2, -0.15) is 0 Å². The number of hydrogen-bond acceptors (Lipinski definition) is 2. The van der Waals surface area contributed by atoms with Crippen molar-refractivity contribution < 1.29 is 4.74 Å². The summed E-state index contributed by atoms with van der Waals surface area (Å²) in [5.74, 6) is 0.834. The van der Waals surface area contributed by atoms with Crippen LogP contribution in [0, 0.1) is 0 Å². The average Bonchev–Trinajstić information content (AvgIpc) is 2.42. The predicted octanol–water partition coefficient (Wildman–Crippen LogP) is 4.93. The second-order valence-electron chi connectivity index (χ2n) is 4.93. The lowest BCUT2D eigenvalue weighted by Crippen LogP contribution is -2.03. The highest BCUT2D eigenvalue weighted by Gasteiger charge is 2.03. The maximum absolute atomic E-state index is 5.96. The van der Waals surface area contributed by atoms with Crippen LogP contribution in [0.1, 0.15) is 57.4 Å². The molecule has 1 aromatic rings. The predicted molar refractivity (Wildman–Crippen MR) is 82.8 cm³/mol. The van der Waals surface area contributed by atoms with E-state index < -0.39 is 0 Å². The van der Waals surface area contributed by atoms with Gasteiger partial charge in [0.1, 0.15) is 5.75 Å². The molecule has 108 valence electrons. The van der Waals surface area contributed by atoms with Crippen LogP contribution in [0.15, 0.2) is 18.2 Å². The van der Waals surface area contributed by atoms with Gasteiger partial charge in [0, 0.05) is 17.1 Å². The largest absolute Gasteiger partial charge is 0.493 e. The van der Waals surface area contributed by atoms with Gasteiger partial charge >= 0.3 is 0 Å². The Morgan fingerprint density at radius 3 is 2.42 bits per heavy atom. The summed E-state index contributed by atoms with van der Waals surface area (Å²) in [6.45, 7) is 3.48. The van der Waals surface area contributed by atoms with Gasteiger partial charge in [-0.3, -0.25) is 0 Å². The van der Waals surface area contributed by atoms with Crippen molar-refractivity contribution in [2.24, 2.45) is 5.73 Å². The van der Waals surface area contributed by atoms with Crippen molar-refractivity contribution in [1.82, 2.24) is 0 Å². The lowest BCUT2D eigenvalue weighted by molar-refractivity contribution is 0.301. The summed E-state index contributed by atoms with van der Waals surface area (Å²) in [6.07, 6.45) is 9.02. The van der Waals surface area contributed by atoms with Gasteiger partial charge < -0.3 is 10.5 Å². The monoisotopic (exact) mass is 283 g/mol. The van der Waals surface area contributed by atoms with E-state index in [2.05, 4.69) is 6.92 Å². The van der Waals surface area contributed by atoms with Crippen LogP contribution in [0.5, 0.6) is 5.75 Å². The van der Waals surface area contributed by atoms with Crippen LogP contribution in [-0.4, -0.2) is 6.61 Å². The Bertz CT molecular complexity index is 355. The van der Waals surface area contributed by atoms with Crippen LogP contribution in [0.2, 0.25) is 5.02 Å². The fourth-order valence-electron chi connectivity index (χ4n) is 2.07. The molecule has 0 unspecified atom stereocenters. The highest BCUT2D eigenvalue weighted by molar-refractivity contribution is 6.30. The van der Waals surface area contributed by atoms with E-state index in [9.17, 15) is 0 Å². The van der Waals surface area contributed by atoms with E-state index >= 15 is 0 Å². The Kier molecular flexibility index (Phi) is 8.68. The average molecular weight is 284 g/mol. The molecule has 0 radical (unpaired) electrons. The van der Waals surface area contributed by atoms with E-state index in [-0.39, 0.29) is 0 Å². The number of hydrogen-bond donors (Lipinski definition) is 1. The van der Waals surface area contributed by atoms with E-state index in [1.165, 1.54) is 38.5 Å². The van der Waals surface area contributed by atoms with Gasteiger partial charge in [0.15, 0.2) is 0 Å². The molecule has 0 atom stereocenters. The topological polar surface area (TPSA) is 35.2 Å². The standard InChI is InChI=1S/C16H26ClNO/c1-2-3-4-5-6-7-8-11-19-16-12-15(17)10-9-14(16)13-18/h9-10,12H,2-8,11,13,18H2,1H3. The van der Waals surface area contributed by atoms with Crippen molar-refractivity contribution >= 4 is 11.6 Å². The molecule has 0 amide bonds. The molecular weight excluding hydrogens is 258 g/mol. The Hall–Kier alpha value is -0.730. The number of benzene rings is 1. The lowest BCUT2D eigenvalue weighted by Gasteiger charge is -2.10. The van der Waals surface area contributed by atoms with Gasteiger partial charge in [-0.25, -0.2) is 0 Å². The molecule has 2 nitrogen and oxygen atoms in total. The molecule has 0 aromatic heterocycles. The molecular formula is C16H26ClNO. The third kappa shape index (κ3) is 6.84. The Balaban J connectivity index is 2.17. The highest BCUT2D eigenvalue weighted by atomic mass is 35.5. The molecule has 0 saturated heterocycles. The van der Waals surface area contributed by atoms with Crippen LogP contribution >= 0.6 is 11.6 Å². The number of unbranched alkanes of at least 4 members (excludes halogenated alkanes) is 6. The third-order valence-electron chi connectivity index (χ3n) is 3.25. The molecule has 0 aliphatic carbocycles. The van der Waals surface area contributed by atoms with Crippen molar-refractivity contribution in [3.05, 3.63) is 28.8 Å². The van der Waals surface area contributed by atoms with Crippen molar-refractivity contribution in [2.45, 2.75) is 58.4 Å². The van der Waals surface area contributed by atoms with E-state index in [1.54, 1.807) is 0 Å². The van der Waals surface area contributed by atoms with Crippen molar-refractivity contribution in [2.75, 3.05) is 6.61 Å². The smallest absolute Gasteiger partial charge is 0.125 e. The molecule has 1 aromatic carbocycles. The van der Waals surface area contributed by atoms with Crippen LogP contribution in [-0.2, 0) is 6.54 Å². The van der Waals surface area contributed by atoms with Gasteiger partial charge in [-0.1, -0.05) is 63.1 Å². The minimum atomic E-state index is 0.490. The first-order valence-corrected chi connectivity index (χ1v) is 7.77. The van der Waals surface area contributed by atoms with Gasteiger partial charge in [0.2, 0.25) is 0 Å². The molecule has 0 aliphatic heterocycles. The summed E-state index contributed by atoms with van der Waals surface area (Å²) in [7, 11) is 0. The minimum absolute atomic E-state index is 0.490. The molecule has 0 bridgehead atoms. The van der Waals surface area contributed by atoms with Crippen molar-refractivity contribution in [1.29, 1.82) is 0 Å². The summed E-state index contributed by atoms with van der Waals surface area (Å²) in [5, 5.41) is 0.701. The van der Waals surface area contributed by atoms with Crippen molar-refractivity contribution in [3.63, 3.8) is 0 Å². The summed E-state index contributed by atoms with van der Waals surface area (Å²) < 4.78 is 5.77. The summed E-state index contributed by atoms with van der Waals surface area (Å²) in [6, 6.07) is 5.64. The van der Waals surface area contributed by atoms with Gasteiger partial charge in [0.25, 0.3) is 0 Å². The molecule has 0 fully saturated rings. The molecule has 0 aliphatic rings. The first-order chi connectivity index (χ1) is 9.27. The summed E-state index contributed by atoms with van der Waals surface area (Å²) >= 11 is 5.96. The van der Waals surface area contributed by atoms with Gasteiger partial charge in [-0.05, 0) is 18.6 Å². The zero-order valence-corrected chi connectivity index (χ0v) is 12.7. The number of ether oxygens (including phenoxy) is 1. The van der Waals surface area contributed by atoms with Crippen LogP contribution in [0.4, 0.5) is 0 Å². The molecule has 1 rings (SSSR count). The molecule has 0 heterocycles. The van der Waals surface area contributed by atoms with E-state index in [1.807, 2.05) is 18.2 Å². The Morgan fingerprint density at radius 1 is 1.05 bits per heavy atom.